The van der Waals surface area contributed by atoms with E-state index in [9.17, 15) is 4.79 Å². The molecule has 5 heteroatoms. The van der Waals surface area contributed by atoms with Crippen LogP contribution >= 0.6 is 11.3 Å². The summed E-state index contributed by atoms with van der Waals surface area (Å²) in [5.41, 5.74) is 3.18. The Morgan fingerprint density at radius 3 is 3.18 bits per heavy atom. The fourth-order valence-electron chi connectivity index (χ4n) is 2.69. The van der Waals surface area contributed by atoms with Crippen LogP contribution in [0.2, 0.25) is 0 Å². The number of amides is 1. The lowest BCUT2D eigenvalue weighted by Crippen LogP contribution is -2.37. The summed E-state index contributed by atoms with van der Waals surface area (Å²) in [5, 5.41) is 9.33. The summed E-state index contributed by atoms with van der Waals surface area (Å²) in [5.74, 6) is 0.0507. The second-order valence-electron chi connectivity index (χ2n) is 5.79. The molecular formula is C17H21N3OS. The van der Waals surface area contributed by atoms with Crippen molar-refractivity contribution < 1.29 is 4.79 Å². The first-order valence-electron chi connectivity index (χ1n) is 7.72. The van der Waals surface area contributed by atoms with Gasteiger partial charge in [-0.2, -0.15) is 0 Å². The van der Waals surface area contributed by atoms with Gasteiger partial charge in [-0.25, -0.2) is 4.98 Å². The molecule has 0 bridgehead atoms. The maximum atomic E-state index is 12.0. The maximum Gasteiger partial charge on any atom is 0.226 e. The molecule has 3 rings (SSSR count). The number of hydrogen-bond donors (Lipinski definition) is 2. The molecule has 1 aliphatic rings. The van der Waals surface area contributed by atoms with Crippen LogP contribution < -0.4 is 10.6 Å². The summed E-state index contributed by atoms with van der Waals surface area (Å²) in [6.45, 7) is 3.85. The normalized spacial score (nSPS) is 17.6. The summed E-state index contributed by atoms with van der Waals surface area (Å²) in [7, 11) is 0. The first kappa shape index (κ1) is 15.2. The molecule has 116 valence electrons. The van der Waals surface area contributed by atoms with E-state index in [0.29, 0.717) is 19.0 Å². The lowest BCUT2D eigenvalue weighted by molar-refractivity contribution is -0.120. The SMILES string of the molecule is Cc1cccc(-c2nc(CC(=O)NCC3CCCN3)cs2)c1. The van der Waals surface area contributed by atoms with Crippen LogP contribution in [0.3, 0.4) is 0 Å². The van der Waals surface area contributed by atoms with E-state index in [1.807, 2.05) is 11.4 Å². The highest BCUT2D eigenvalue weighted by Gasteiger charge is 2.15. The van der Waals surface area contributed by atoms with Crippen LogP contribution in [-0.2, 0) is 11.2 Å². The molecule has 22 heavy (non-hydrogen) atoms. The Morgan fingerprint density at radius 2 is 2.41 bits per heavy atom. The number of carbonyl (C=O) groups is 1. The van der Waals surface area contributed by atoms with Gasteiger partial charge < -0.3 is 10.6 Å². The van der Waals surface area contributed by atoms with Gasteiger partial charge in [-0.1, -0.05) is 23.8 Å². The van der Waals surface area contributed by atoms with E-state index in [0.717, 1.165) is 29.2 Å². The fourth-order valence-corrected chi connectivity index (χ4v) is 3.51. The standard InChI is InChI=1S/C17H21N3OS/c1-12-4-2-5-13(8-12)17-20-15(11-22-17)9-16(21)19-10-14-6-3-7-18-14/h2,4-5,8,11,14,18H,3,6-7,9-10H2,1H3,(H,19,21). The van der Waals surface area contributed by atoms with Crippen molar-refractivity contribution in [2.75, 3.05) is 13.1 Å². The molecule has 4 nitrogen and oxygen atoms in total. The van der Waals surface area contributed by atoms with E-state index in [1.165, 1.54) is 12.0 Å². The van der Waals surface area contributed by atoms with E-state index in [1.54, 1.807) is 11.3 Å². The first-order chi connectivity index (χ1) is 10.7. The number of rotatable bonds is 5. The lowest BCUT2D eigenvalue weighted by atomic mass is 10.1. The van der Waals surface area contributed by atoms with Crippen molar-refractivity contribution >= 4 is 17.2 Å². The number of aryl methyl sites for hydroxylation is 1. The number of nitrogens with zero attached hydrogens (tertiary/aromatic N) is 1. The molecule has 1 aromatic carbocycles. The second-order valence-corrected chi connectivity index (χ2v) is 6.65. The zero-order chi connectivity index (χ0) is 15.4. The second kappa shape index (κ2) is 7.03. The van der Waals surface area contributed by atoms with E-state index in [4.69, 9.17) is 0 Å². The molecule has 0 aliphatic carbocycles. The molecule has 0 spiro atoms. The van der Waals surface area contributed by atoms with E-state index >= 15 is 0 Å². The minimum Gasteiger partial charge on any atom is -0.354 e. The zero-order valence-electron chi connectivity index (χ0n) is 12.8. The van der Waals surface area contributed by atoms with Crippen molar-refractivity contribution in [1.29, 1.82) is 0 Å². The van der Waals surface area contributed by atoms with E-state index in [2.05, 4.69) is 40.7 Å². The average Bonchev–Trinajstić information content (AvgIpc) is 3.16. The van der Waals surface area contributed by atoms with Crippen molar-refractivity contribution in [1.82, 2.24) is 15.6 Å². The number of aromatic nitrogens is 1. The number of carbonyl (C=O) groups excluding carboxylic acids is 1. The van der Waals surface area contributed by atoms with Gasteiger partial charge in [0.15, 0.2) is 0 Å². The molecule has 1 saturated heterocycles. The molecule has 2 aromatic rings. The van der Waals surface area contributed by atoms with Gasteiger partial charge in [-0.3, -0.25) is 4.79 Å². The molecule has 1 unspecified atom stereocenters. The van der Waals surface area contributed by atoms with Gasteiger partial charge in [0.2, 0.25) is 5.91 Å². The van der Waals surface area contributed by atoms with Gasteiger partial charge in [-0.15, -0.1) is 11.3 Å². The van der Waals surface area contributed by atoms with Crippen molar-refractivity contribution in [2.24, 2.45) is 0 Å². The molecule has 1 aliphatic heterocycles. The highest BCUT2D eigenvalue weighted by atomic mass is 32.1. The van der Waals surface area contributed by atoms with Gasteiger partial charge in [0.25, 0.3) is 0 Å². The Morgan fingerprint density at radius 1 is 1.50 bits per heavy atom. The maximum absolute atomic E-state index is 12.0. The number of nitrogens with one attached hydrogen (secondary N) is 2. The molecule has 1 amide bonds. The molecule has 1 aromatic heterocycles. The zero-order valence-corrected chi connectivity index (χ0v) is 13.6. The summed E-state index contributed by atoms with van der Waals surface area (Å²) in [6, 6.07) is 8.72. The summed E-state index contributed by atoms with van der Waals surface area (Å²) >= 11 is 1.59. The van der Waals surface area contributed by atoms with E-state index in [-0.39, 0.29) is 5.91 Å². The average molecular weight is 315 g/mol. The highest BCUT2D eigenvalue weighted by molar-refractivity contribution is 7.13. The summed E-state index contributed by atoms with van der Waals surface area (Å²) < 4.78 is 0. The Hall–Kier alpha value is -1.72. The monoisotopic (exact) mass is 315 g/mol. The van der Waals surface area contributed by atoms with Crippen LogP contribution in [-0.4, -0.2) is 30.0 Å². The Balaban J connectivity index is 1.55. The van der Waals surface area contributed by atoms with Crippen LogP contribution in [0.1, 0.15) is 24.1 Å². The van der Waals surface area contributed by atoms with Gasteiger partial charge in [0.05, 0.1) is 12.1 Å². The fraction of sp³-hybridized carbons (Fsp3) is 0.412. The van der Waals surface area contributed by atoms with Gasteiger partial charge in [-0.05, 0) is 32.4 Å². The van der Waals surface area contributed by atoms with Crippen LogP contribution in [0.4, 0.5) is 0 Å². The minimum atomic E-state index is 0.0507. The van der Waals surface area contributed by atoms with Crippen LogP contribution in [0.5, 0.6) is 0 Å². The third kappa shape index (κ3) is 3.93. The van der Waals surface area contributed by atoms with Crippen molar-refractivity contribution in [3.63, 3.8) is 0 Å². The number of hydrogen-bond acceptors (Lipinski definition) is 4. The lowest BCUT2D eigenvalue weighted by Gasteiger charge is -2.10. The molecule has 1 fully saturated rings. The minimum absolute atomic E-state index is 0.0507. The quantitative estimate of drug-likeness (QED) is 0.891. The Labute approximate surface area is 135 Å². The molecule has 0 saturated carbocycles. The number of thiazole rings is 1. The largest absolute Gasteiger partial charge is 0.354 e. The highest BCUT2D eigenvalue weighted by Crippen LogP contribution is 2.24. The molecule has 0 radical (unpaired) electrons. The van der Waals surface area contributed by atoms with Gasteiger partial charge in [0, 0.05) is 23.5 Å². The molecule has 2 heterocycles. The van der Waals surface area contributed by atoms with Crippen molar-refractivity contribution in [3.8, 4) is 10.6 Å². The van der Waals surface area contributed by atoms with Crippen molar-refractivity contribution in [2.45, 2.75) is 32.2 Å². The van der Waals surface area contributed by atoms with Gasteiger partial charge >= 0.3 is 0 Å². The molecular weight excluding hydrogens is 294 g/mol. The first-order valence-corrected chi connectivity index (χ1v) is 8.60. The molecule has 1 atom stereocenters. The van der Waals surface area contributed by atoms with Crippen LogP contribution in [0.15, 0.2) is 29.6 Å². The summed E-state index contributed by atoms with van der Waals surface area (Å²) in [6.07, 6.45) is 2.70. The smallest absolute Gasteiger partial charge is 0.226 e. The Kier molecular flexibility index (Phi) is 4.85. The predicted molar refractivity (Wildman–Crippen MR) is 90.0 cm³/mol. The predicted octanol–water partition coefficient (Wildman–Crippen LogP) is 2.53. The van der Waals surface area contributed by atoms with Crippen LogP contribution in [0, 0.1) is 6.92 Å². The molecule has 2 N–H and O–H groups in total. The van der Waals surface area contributed by atoms with E-state index < -0.39 is 0 Å². The topological polar surface area (TPSA) is 54.0 Å². The third-order valence-electron chi connectivity index (χ3n) is 3.87. The summed E-state index contributed by atoms with van der Waals surface area (Å²) in [4.78, 5) is 16.6. The van der Waals surface area contributed by atoms with Gasteiger partial charge in [0.1, 0.15) is 5.01 Å². The number of benzene rings is 1. The van der Waals surface area contributed by atoms with Crippen molar-refractivity contribution in [3.05, 3.63) is 40.9 Å². The van der Waals surface area contributed by atoms with Crippen LogP contribution in [0.25, 0.3) is 10.6 Å². The Bertz CT molecular complexity index is 647. The third-order valence-corrected chi connectivity index (χ3v) is 4.81.